The molecule has 0 spiro atoms. The lowest BCUT2D eigenvalue weighted by Gasteiger charge is -2.23. The van der Waals surface area contributed by atoms with E-state index in [0.29, 0.717) is 0 Å². The van der Waals surface area contributed by atoms with Gasteiger partial charge in [0.25, 0.3) is 0 Å². The second-order valence-electron chi connectivity index (χ2n) is 7.37. The van der Waals surface area contributed by atoms with E-state index in [1.807, 2.05) is 42.3 Å². The minimum atomic E-state index is 0. The molecule has 0 unspecified atom stereocenters. The van der Waals surface area contributed by atoms with Crippen molar-refractivity contribution in [2.24, 2.45) is 17.5 Å². The highest BCUT2D eigenvalue weighted by Crippen LogP contribution is 2.23. The molecule has 0 bridgehead atoms. The average molecular weight is 504 g/mol. The average Bonchev–Trinajstić information content (AvgIpc) is 2.97. The molecule has 150 valence electrons. The third-order valence-corrected chi connectivity index (χ3v) is 4.28. The number of hydrogen-bond acceptors (Lipinski definition) is 2. The van der Waals surface area contributed by atoms with E-state index >= 15 is 0 Å². The van der Waals surface area contributed by atoms with Crippen LogP contribution in [0.4, 0.5) is 0 Å². The Balaban J connectivity index is 0.00000364. The van der Waals surface area contributed by atoms with E-state index in [2.05, 4.69) is 42.6 Å². The van der Waals surface area contributed by atoms with Crippen molar-refractivity contribution >= 4 is 41.5 Å². The van der Waals surface area contributed by atoms with E-state index in [1.54, 1.807) is 0 Å². The van der Waals surface area contributed by atoms with Crippen molar-refractivity contribution in [1.29, 1.82) is 0 Å². The first kappa shape index (κ1) is 23.8. The van der Waals surface area contributed by atoms with Crippen molar-refractivity contribution in [2.75, 3.05) is 19.6 Å². The number of hydrogen-bond donors (Lipinski definition) is 2. The van der Waals surface area contributed by atoms with E-state index in [1.165, 1.54) is 11.1 Å². The predicted octanol–water partition coefficient (Wildman–Crippen LogP) is 4.06. The van der Waals surface area contributed by atoms with Crippen molar-refractivity contribution in [3.8, 4) is 0 Å². The van der Waals surface area contributed by atoms with E-state index in [0.717, 1.165) is 43.5 Å². The number of nitrogens with one attached hydrogen (secondary N) is 2. The molecule has 0 aliphatic carbocycles. The van der Waals surface area contributed by atoms with Gasteiger partial charge >= 0.3 is 0 Å². The van der Waals surface area contributed by atoms with E-state index < -0.39 is 0 Å². The van der Waals surface area contributed by atoms with Crippen LogP contribution in [0.25, 0.3) is 0 Å². The molecule has 2 aromatic rings. The lowest BCUT2D eigenvalue weighted by molar-refractivity contribution is 0.377. The third-order valence-electron chi connectivity index (χ3n) is 4.05. The summed E-state index contributed by atoms with van der Waals surface area (Å²) in [5.41, 5.74) is 2.51. The van der Waals surface area contributed by atoms with Gasteiger partial charge in [-0.05, 0) is 48.4 Å². The zero-order chi connectivity index (χ0) is 19.0. The molecular weight excluding hydrogens is 473 g/mol. The summed E-state index contributed by atoms with van der Waals surface area (Å²) in [7, 11) is 1.93. The van der Waals surface area contributed by atoms with Crippen LogP contribution in [0.2, 0.25) is 5.02 Å². The van der Waals surface area contributed by atoms with Gasteiger partial charge < -0.3 is 10.6 Å². The SMILES string of the molecule is CCNC(=NCC(C)(C)Cc1cccc(Cl)c1)NCCc1cnn(C)c1.I. The molecule has 0 fully saturated rings. The van der Waals surface area contributed by atoms with Gasteiger partial charge in [0.1, 0.15) is 0 Å². The Hall–Kier alpha value is -1.28. The van der Waals surface area contributed by atoms with Crippen LogP contribution in [-0.4, -0.2) is 35.4 Å². The van der Waals surface area contributed by atoms with E-state index in [-0.39, 0.29) is 29.4 Å². The molecule has 2 rings (SSSR count). The molecule has 7 heteroatoms. The summed E-state index contributed by atoms with van der Waals surface area (Å²) in [5, 5.41) is 11.7. The first-order chi connectivity index (χ1) is 12.4. The fourth-order valence-electron chi connectivity index (χ4n) is 2.82. The van der Waals surface area contributed by atoms with Gasteiger partial charge in [0.2, 0.25) is 0 Å². The van der Waals surface area contributed by atoms with Crippen molar-refractivity contribution in [1.82, 2.24) is 20.4 Å². The Morgan fingerprint density at radius 1 is 1.26 bits per heavy atom. The highest BCUT2D eigenvalue weighted by atomic mass is 127. The second kappa shape index (κ2) is 11.5. The number of benzene rings is 1. The maximum absolute atomic E-state index is 6.10. The lowest BCUT2D eigenvalue weighted by Crippen LogP contribution is -2.39. The molecular formula is C20H31ClIN5. The molecule has 0 atom stereocenters. The molecule has 1 heterocycles. The summed E-state index contributed by atoms with van der Waals surface area (Å²) in [6, 6.07) is 8.06. The first-order valence-corrected chi connectivity index (χ1v) is 9.50. The maximum atomic E-state index is 6.10. The highest BCUT2D eigenvalue weighted by Gasteiger charge is 2.18. The second-order valence-corrected chi connectivity index (χ2v) is 7.80. The Bertz CT molecular complexity index is 727. The molecule has 0 radical (unpaired) electrons. The summed E-state index contributed by atoms with van der Waals surface area (Å²) in [5.74, 6) is 0.857. The van der Waals surface area contributed by atoms with Crippen LogP contribution in [0.5, 0.6) is 0 Å². The van der Waals surface area contributed by atoms with Crippen LogP contribution in [-0.2, 0) is 19.9 Å². The lowest BCUT2D eigenvalue weighted by atomic mass is 9.86. The van der Waals surface area contributed by atoms with Crippen LogP contribution in [0.3, 0.4) is 0 Å². The van der Waals surface area contributed by atoms with Gasteiger partial charge in [-0.25, -0.2) is 0 Å². The maximum Gasteiger partial charge on any atom is 0.191 e. The van der Waals surface area contributed by atoms with Gasteiger partial charge in [-0.1, -0.05) is 37.6 Å². The quantitative estimate of drug-likeness (QED) is 0.325. The smallest absolute Gasteiger partial charge is 0.191 e. The molecule has 0 aliphatic heterocycles. The van der Waals surface area contributed by atoms with Crippen LogP contribution in [0.15, 0.2) is 41.7 Å². The molecule has 0 saturated carbocycles. The predicted molar refractivity (Wildman–Crippen MR) is 125 cm³/mol. The van der Waals surface area contributed by atoms with Gasteiger partial charge in [0, 0.05) is 37.9 Å². The molecule has 5 nitrogen and oxygen atoms in total. The Kier molecular flexibility index (Phi) is 10.2. The Morgan fingerprint density at radius 3 is 2.67 bits per heavy atom. The van der Waals surface area contributed by atoms with Crippen LogP contribution >= 0.6 is 35.6 Å². The van der Waals surface area contributed by atoms with E-state index in [9.17, 15) is 0 Å². The number of aryl methyl sites for hydroxylation is 1. The highest BCUT2D eigenvalue weighted by molar-refractivity contribution is 14.0. The van der Waals surface area contributed by atoms with Gasteiger partial charge in [-0.2, -0.15) is 5.10 Å². The number of aromatic nitrogens is 2. The number of nitrogens with zero attached hydrogens (tertiary/aromatic N) is 3. The Labute approximate surface area is 185 Å². The first-order valence-electron chi connectivity index (χ1n) is 9.12. The number of halogens is 2. The summed E-state index contributed by atoms with van der Waals surface area (Å²) in [4.78, 5) is 4.78. The zero-order valence-electron chi connectivity index (χ0n) is 16.6. The summed E-state index contributed by atoms with van der Waals surface area (Å²) < 4.78 is 1.83. The largest absolute Gasteiger partial charge is 0.357 e. The van der Waals surface area contributed by atoms with Crippen molar-refractivity contribution in [3.05, 3.63) is 52.8 Å². The van der Waals surface area contributed by atoms with Crippen molar-refractivity contribution < 1.29 is 0 Å². The minimum Gasteiger partial charge on any atom is -0.357 e. The van der Waals surface area contributed by atoms with Crippen LogP contribution in [0, 0.1) is 5.41 Å². The zero-order valence-corrected chi connectivity index (χ0v) is 19.7. The topological polar surface area (TPSA) is 54.2 Å². The Morgan fingerprint density at radius 2 is 2.04 bits per heavy atom. The van der Waals surface area contributed by atoms with E-state index in [4.69, 9.17) is 16.6 Å². The number of aliphatic imine (C=N–C) groups is 1. The van der Waals surface area contributed by atoms with Gasteiger partial charge in [0.05, 0.1) is 6.20 Å². The summed E-state index contributed by atoms with van der Waals surface area (Å²) >= 11 is 6.10. The normalized spacial score (nSPS) is 11.8. The molecule has 2 N–H and O–H groups in total. The molecule has 27 heavy (non-hydrogen) atoms. The number of guanidine groups is 1. The fraction of sp³-hybridized carbons (Fsp3) is 0.500. The van der Waals surface area contributed by atoms with Crippen molar-refractivity contribution in [2.45, 2.75) is 33.6 Å². The van der Waals surface area contributed by atoms with Gasteiger partial charge in [0.15, 0.2) is 5.96 Å². The molecule has 0 aliphatic rings. The van der Waals surface area contributed by atoms with Crippen LogP contribution < -0.4 is 10.6 Å². The van der Waals surface area contributed by atoms with Crippen LogP contribution in [0.1, 0.15) is 31.9 Å². The standard InChI is InChI=1S/C20H30ClN5.HI/c1-5-22-19(23-10-9-17-13-25-26(4)14-17)24-15-20(2,3)12-16-7-6-8-18(21)11-16;/h6-8,11,13-14H,5,9-10,12,15H2,1-4H3,(H2,22,23,24);1H. The van der Waals surface area contributed by atoms with Crippen molar-refractivity contribution in [3.63, 3.8) is 0 Å². The molecule has 1 aromatic carbocycles. The summed E-state index contributed by atoms with van der Waals surface area (Å²) in [6.45, 7) is 8.95. The minimum absolute atomic E-state index is 0. The molecule has 0 amide bonds. The monoisotopic (exact) mass is 503 g/mol. The van der Waals surface area contributed by atoms with Gasteiger partial charge in [-0.3, -0.25) is 9.67 Å². The van der Waals surface area contributed by atoms with Gasteiger partial charge in [-0.15, -0.1) is 24.0 Å². The summed E-state index contributed by atoms with van der Waals surface area (Å²) in [6.07, 6.45) is 5.80. The molecule has 0 saturated heterocycles. The fourth-order valence-corrected chi connectivity index (χ4v) is 3.03. The molecule has 1 aromatic heterocycles. The third kappa shape index (κ3) is 8.97. The number of rotatable bonds is 8.